The van der Waals surface area contributed by atoms with Gasteiger partial charge in [0.25, 0.3) is 0 Å². The van der Waals surface area contributed by atoms with Gasteiger partial charge in [0.15, 0.2) is 0 Å². The Morgan fingerprint density at radius 2 is 2.53 bits per heavy atom. The summed E-state index contributed by atoms with van der Waals surface area (Å²) in [6.07, 6.45) is 4.28. The summed E-state index contributed by atoms with van der Waals surface area (Å²) in [5.41, 5.74) is 1.56. The standard InChI is InChI=1S/C12H13N3O2/c16-12(9-2-4-17-7-9)15-10-5-8-1-3-13-11(8)14-6-10/h1,3,5-6,9H,2,4,7H2,(H,13,14)(H,15,16). The predicted octanol–water partition coefficient (Wildman–Crippen LogP) is 1.54. The van der Waals surface area contributed by atoms with Gasteiger partial charge in [0.2, 0.25) is 5.91 Å². The number of hydrogen-bond acceptors (Lipinski definition) is 3. The molecule has 5 heteroatoms. The number of anilines is 1. The number of aromatic amines is 1. The molecule has 5 nitrogen and oxygen atoms in total. The maximum absolute atomic E-state index is 11.9. The van der Waals surface area contributed by atoms with Crippen LogP contribution in [0.2, 0.25) is 0 Å². The molecule has 0 saturated carbocycles. The molecule has 3 heterocycles. The Balaban J connectivity index is 1.77. The number of ether oxygens (including phenoxy) is 1. The smallest absolute Gasteiger partial charge is 0.229 e. The van der Waals surface area contributed by atoms with Crippen LogP contribution in [0, 0.1) is 5.92 Å². The number of hydrogen-bond donors (Lipinski definition) is 2. The maximum Gasteiger partial charge on any atom is 0.229 e. The lowest BCUT2D eigenvalue weighted by molar-refractivity contribution is -0.119. The summed E-state index contributed by atoms with van der Waals surface area (Å²) < 4.78 is 5.19. The number of carbonyl (C=O) groups excluding carboxylic acids is 1. The van der Waals surface area contributed by atoms with E-state index in [0.29, 0.717) is 13.2 Å². The lowest BCUT2D eigenvalue weighted by Gasteiger charge is -2.08. The molecule has 0 radical (unpaired) electrons. The van der Waals surface area contributed by atoms with Gasteiger partial charge in [-0.1, -0.05) is 0 Å². The van der Waals surface area contributed by atoms with Gasteiger partial charge >= 0.3 is 0 Å². The number of pyridine rings is 1. The van der Waals surface area contributed by atoms with E-state index in [-0.39, 0.29) is 11.8 Å². The largest absolute Gasteiger partial charge is 0.381 e. The molecule has 1 fully saturated rings. The molecule has 3 rings (SSSR count). The second-order valence-corrected chi connectivity index (χ2v) is 4.19. The van der Waals surface area contributed by atoms with Gasteiger partial charge in [0.05, 0.1) is 24.4 Å². The summed E-state index contributed by atoms with van der Waals surface area (Å²) in [5.74, 6) is -0.0175. The molecule has 2 aromatic rings. The molecule has 1 saturated heterocycles. The van der Waals surface area contributed by atoms with E-state index in [1.807, 2.05) is 18.3 Å². The third kappa shape index (κ3) is 2.01. The van der Waals surface area contributed by atoms with Crippen LogP contribution in [0.15, 0.2) is 24.5 Å². The van der Waals surface area contributed by atoms with Crippen molar-refractivity contribution in [1.29, 1.82) is 0 Å². The zero-order chi connectivity index (χ0) is 11.7. The lowest BCUT2D eigenvalue weighted by atomic mass is 10.1. The van der Waals surface area contributed by atoms with Crippen LogP contribution >= 0.6 is 0 Å². The quantitative estimate of drug-likeness (QED) is 0.823. The summed E-state index contributed by atoms with van der Waals surface area (Å²) in [4.78, 5) is 19.1. The molecular formula is C12H13N3O2. The monoisotopic (exact) mass is 231 g/mol. The highest BCUT2D eigenvalue weighted by atomic mass is 16.5. The van der Waals surface area contributed by atoms with Crippen molar-refractivity contribution in [2.45, 2.75) is 6.42 Å². The summed E-state index contributed by atoms with van der Waals surface area (Å²) in [6, 6.07) is 3.84. The van der Waals surface area contributed by atoms with Crippen LogP contribution in [-0.4, -0.2) is 29.1 Å². The van der Waals surface area contributed by atoms with E-state index >= 15 is 0 Å². The molecule has 1 aliphatic heterocycles. The molecule has 0 aliphatic carbocycles. The van der Waals surface area contributed by atoms with E-state index in [2.05, 4.69) is 15.3 Å². The van der Waals surface area contributed by atoms with E-state index in [0.717, 1.165) is 23.1 Å². The second kappa shape index (κ2) is 4.18. The third-order valence-electron chi connectivity index (χ3n) is 2.97. The SMILES string of the molecule is O=C(Nc1cnc2[nH]ccc2c1)C1CCOC1. The van der Waals surface area contributed by atoms with E-state index in [1.54, 1.807) is 6.20 Å². The van der Waals surface area contributed by atoms with Crippen molar-refractivity contribution in [3.05, 3.63) is 24.5 Å². The fourth-order valence-electron chi connectivity index (χ4n) is 1.99. The summed E-state index contributed by atoms with van der Waals surface area (Å²) in [7, 11) is 0. The number of amides is 1. The Kier molecular flexibility index (Phi) is 2.53. The van der Waals surface area contributed by atoms with Gasteiger partial charge < -0.3 is 15.0 Å². The number of nitrogens with zero attached hydrogens (tertiary/aromatic N) is 1. The van der Waals surface area contributed by atoms with Gasteiger partial charge in [-0.15, -0.1) is 0 Å². The van der Waals surface area contributed by atoms with Crippen molar-refractivity contribution in [2.75, 3.05) is 18.5 Å². The van der Waals surface area contributed by atoms with Crippen LogP contribution in [0.3, 0.4) is 0 Å². The van der Waals surface area contributed by atoms with E-state index in [9.17, 15) is 4.79 Å². The molecule has 1 aliphatic rings. The highest BCUT2D eigenvalue weighted by molar-refractivity contribution is 5.94. The topological polar surface area (TPSA) is 67.0 Å². The van der Waals surface area contributed by atoms with Gasteiger partial charge in [0, 0.05) is 18.2 Å². The van der Waals surface area contributed by atoms with E-state index in [4.69, 9.17) is 4.74 Å². The maximum atomic E-state index is 11.9. The van der Waals surface area contributed by atoms with Crippen molar-refractivity contribution in [2.24, 2.45) is 5.92 Å². The van der Waals surface area contributed by atoms with Crippen LogP contribution < -0.4 is 5.32 Å². The van der Waals surface area contributed by atoms with Gasteiger partial charge in [-0.05, 0) is 18.6 Å². The van der Waals surface area contributed by atoms with Crippen LogP contribution in [0.5, 0.6) is 0 Å². The first-order chi connectivity index (χ1) is 8.33. The molecular weight excluding hydrogens is 218 g/mol. The Hall–Kier alpha value is -1.88. The number of aromatic nitrogens is 2. The molecule has 17 heavy (non-hydrogen) atoms. The molecule has 88 valence electrons. The zero-order valence-corrected chi connectivity index (χ0v) is 9.27. The highest BCUT2D eigenvalue weighted by Crippen LogP contribution is 2.18. The molecule has 0 bridgehead atoms. The molecule has 0 spiro atoms. The minimum atomic E-state index is -0.0306. The highest BCUT2D eigenvalue weighted by Gasteiger charge is 2.23. The third-order valence-corrected chi connectivity index (χ3v) is 2.97. The molecule has 2 N–H and O–H groups in total. The van der Waals surface area contributed by atoms with Crippen LogP contribution in [0.4, 0.5) is 5.69 Å². The number of fused-ring (bicyclic) bond motifs is 1. The van der Waals surface area contributed by atoms with Crippen molar-refractivity contribution in [3.8, 4) is 0 Å². The Morgan fingerprint density at radius 1 is 1.59 bits per heavy atom. The van der Waals surface area contributed by atoms with E-state index in [1.165, 1.54) is 0 Å². The normalized spacial score (nSPS) is 19.6. The first kappa shape index (κ1) is 10.3. The van der Waals surface area contributed by atoms with Crippen LogP contribution in [-0.2, 0) is 9.53 Å². The minimum Gasteiger partial charge on any atom is -0.381 e. The minimum absolute atomic E-state index is 0.0131. The van der Waals surface area contributed by atoms with E-state index < -0.39 is 0 Å². The van der Waals surface area contributed by atoms with Gasteiger partial charge in [-0.3, -0.25) is 4.79 Å². The van der Waals surface area contributed by atoms with Crippen molar-refractivity contribution in [3.63, 3.8) is 0 Å². The molecule has 0 aromatic carbocycles. The molecule has 1 unspecified atom stereocenters. The lowest BCUT2D eigenvalue weighted by Crippen LogP contribution is -2.22. The van der Waals surface area contributed by atoms with Gasteiger partial charge in [-0.25, -0.2) is 4.98 Å². The molecule has 1 atom stereocenters. The number of H-pyrrole nitrogens is 1. The first-order valence-corrected chi connectivity index (χ1v) is 5.65. The second-order valence-electron chi connectivity index (χ2n) is 4.19. The fourth-order valence-corrected chi connectivity index (χ4v) is 1.99. The number of rotatable bonds is 2. The van der Waals surface area contributed by atoms with Crippen LogP contribution in [0.1, 0.15) is 6.42 Å². The molecule has 1 amide bonds. The Bertz CT molecular complexity index is 543. The summed E-state index contributed by atoms with van der Waals surface area (Å²) in [5, 5.41) is 3.86. The summed E-state index contributed by atoms with van der Waals surface area (Å²) >= 11 is 0. The number of carbonyl (C=O) groups is 1. The average Bonchev–Trinajstić information content (AvgIpc) is 2.99. The Morgan fingerprint density at radius 3 is 3.35 bits per heavy atom. The molecule has 2 aromatic heterocycles. The number of nitrogens with one attached hydrogen (secondary N) is 2. The van der Waals surface area contributed by atoms with Gasteiger partial charge in [-0.2, -0.15) is 0 Å². The Labute approximate surface area is 98.2 Å². The van der Waals surface area contributed by atoms with Crippen molar-refractivity contribution >= 4 is 22.6 Å². The fraction of sp³-hybridized carbons (Fsp3) is 0.333. The average molecular weight is 231 g/mol. The summed E-state index contributed by atoms with van der Waals surface area (Å²) in [6.45, 7) is 1.19. The first-order valence-electron chi connectivity index (χ1n) is 5.65. The van der Waals surface area contributed by atoms with Crippen molar-refractivity contribution in [1.82, 2.24) is 9.97 Å². The zero-order valence-electron chi connectivity index (χ0n) is 9.27. The van der Waals surface area contributed by atoms with Gasteiger partial charge in [0.1, 0.15) is 5.65 Å². The predicted molar refractivity (Wildman–Crippen MR) is 63.6 cm³/mol. The van der Waals surface area contributed by atoms with Crippen LogP contribution in [0.25, 0.3) is 11.0 Å². The van der Waals surface area contributed by atoms with Crippen molar-refractivity contribution < 1.29 is 9.53 Å².